The van der Waals surface area contributed by atoms with Gasteiger partial charge in [0.2, 0.25) is 0 Å². The molecule has 0 aliphatic carbocycles. The standard InChI is InChI=1S/C13H13BrO2/c1-10(13(15)16)6-5-9-12(14)11-7-3-2-4-8-11/h2-4,7-9H,1,5-6H2,(H,15,16). The van der Waals surface area contributed by atoms with Gasteiger partial charge in [-0.25, -0.2) is 4.79 Å². The van der Waals surface area contributed by atoms with Crippen LogP contribution in [0.5, 0.6) is 0 Å². The maximum absolute atomic E-state index is 10.5. The molecule has 0 fully saturated rings. The minimum absolute atomic E-state index is 0.240. The topological polar surface area (TPSA) is 37.3 Å². The van der Waals surface area contributed by atoms with Crippen LogP contribution in [-0.4, -0.2) is 11.1 Å². The predicted molar refractivity (Wildman–Crippen MR) is 69.4 cm³/mol. The number of aliphatic carboxylic acids is 1. The maximum atomic E-state index is 10.5. The molecule has 1 rings (SSSR count). The second-order valence-electron chi connectivity index (χ2n) is 3.37. The molecule has 16 heavy (non-hydrogen) atoms. The predicted octanol–water partition coefficient (Wildman–Crippen LogP) is 3.84. The highest BCUT2D eigenvalue weighted by molar-refractivity contribution is 9.15. The Morgan fingerprint density at radius 1 is 1.38 bits per heavy atom. The van der Waals surface area contributed by atoms with E-state index in [0.717, 1.165) is 10.0 Å². The molecule has 0 unspecified atom stereocenters. The normalized spacial score (nSPS) is 11.2. The summed E-state index contributed by atoms with van der Waals surface area (Å²) in [6.45, 7) is 3.48. The van der Waals surface area contributed by atoms with Crippen LogP contribution in [0.2, 0.25) is 0 Å². The van der Waals surface area contributed by atoms with Gasteiger partial charge in [0, 0.05) is 10.1 Å². The Bertz CT molecular complexity index is 407. The third kappa shape index (κ3) is 4.03. The summed E-state index contributed by atoms with van der Waals surface area (Å²) < 4.78 is 0.978. The van der Waals surface area contributed by atoms with Crippen molar-refractivity contribution in [3.05, 3.63) is 54.1 Å². The van der Waals surface area contributed by atoms with Gasteiger partial charge in [0.1, 0.15) is 0 Å². The number of hydrogen-bond donors (Lipinski definition) is 1. The molecule has 1 aromatic carbocycles. The molecule has 84 valence electrons. The van der Waals surface area contributed by atoms with E-state index in [9.17, 15) is 4.79 Å². The van der Waals surface area contributed by atoms with Crippen molar-refractivity contribution in [2.75, 3.05) is 0 Å². The van der Waals surface area contributed by atoms with Crippen LogP contribution in [0.3, 0.4) is 0 Å². The Hall–Kier alpha value is -1.35. The highest BCUT2D eigenvalue weighted by Crippen LogP contribution is 2.22. The summed E-state index contributed by atoms with van der Waals surface area (Å²) in [7, 11) is 0. The smallest absolute Gasteiger partial charge is 0.330 e. The van der Waals surface area contributed by atoms with E-state index in [1.165, 1.54) is 0 Å². The molecule has 0 atom stereocenters. The molecule has 0 spiro atoms. The first-order chi connectivity index (χ1) is 7.61. The van der Waals surface area contributed by atoms with Crippen molar-refractivity contribution < 1.29 is 9.90 Å². The van der Waals surface area contributed by atoms with Crippen LogP contribution < -0.4 is 0 Å². The minimum atomic E-state index is -0.927. The van der Waals surface area contributed by atoms with Gasteiger partial charge in [-0.1, -0.05) is 58.9 Å². The average molecular weight is 281 g/mol. The van der Waals surface area contributed by atoms with Crippen LogP contribution in [0.4, 0.5) is 0 Å². The van der Waals surface area contributed by atoms with Crippen LogP contribution in [0.1, 0.15) is 18.4 Å². The molecule has 0 saturated carbocycles. The summed E-state index contributed by atoms with van der Waals surface area (Å²) >= 11 is 3.46. The molecule has 0 aliphatic rings. The fraction of sp³-hybridized carbons (Fsp3) is 0.154. The fourth-order valence-corrected chi connectivity index (χ4v) is 1.69. The van der Waals surface area contributed by atoms with E-state index < -0.39 is 5.97 Å². The lowest BCUT2D eigenvalue weighted by atomic mass is 10.1. The molecule has 1 aromatic rings. The second kappa shape index (κ2) is 6.28. The number of carboxylic acids is 1. The highest BCUT2D eigenvalue weighted by Gasteiger charge is 2.02. The SMILES string of the molecule is C=C(CCC=C(Br)c1ccccc1)C(=O)O. The second-order valence-corrected chi connectivity index (χ2v) is 4.22. The number of carboxylic acid groups (broad SMARTS) is 1. The molecule has 3 heteroatoms. The Morgan fingerprint density at radius 2 is 2.00 bits per heavy atom. The summed E-state index contributed by atoms with van der Waals surface area (Å²) in [6, 6.07) is 9.86. The van der Waals surface area contributed by atoms with Crippen molar-refractivity contribution in [2.45, 2.75) is 12.8 Å². The molecule has 2 nitrogen and oxygen atoms in total. The number of benzene rings is 1. The zero-order chi connectivity index (χ0) is 12.0. The van der Waals surface area contributed by atoms with Gasteiger partial charge in [-0.15, -0.1) is 0 Å². The van der Waals surface area contributed by atoms with E-state index in [1.807, 2.05) is 36.4 Å². The first kappa shape index (κ1) is 12.7. The van der Waals surface area contributed by atoms with Gasteiger partial charge in [0.15, 0.2) is 0 Å². The molecule has 1 N–H and O–H groups in total. The molecule has 0 aliphatic heterocycles. The van der Waals surface area contributed by atoms with E-state index in [0.29, 0.717) is 12.8 Å². The van der Waals surface area contributed by atoms with Gasteiger partial charge in [-0.3, -0.25) is 0 Å². The summed E-state index contributed by atoms with van der Waals surface area (Å²) in [5, 5.41) is 8.63. The zero-order valence-electron chi connectivity index (χ0n) is 8.82. The summed E-state index contributed by atoms with van der Waals surface area (Å²) in [5.41, 5.74) is 1.33. The van der Waals surface area contributed by atoms with Gasteiger partial charge in [-0.2, -0.15) is 0 Å². The largest absolute Gasteiger partial charge is 0.478 e. The van der Waals surface area contributed by atoms with E-state index >= 15 is 0 Å². The first-order valence-electron chi connectivity index (χ1n) is 4.93. The van der Waals surface area contributed by atoms with Gasteiger partial charge in [-0.05, 0) is 18.4 Å². The fourth-order valence-electron chi connectivity index (χ4n) is 1.20. The van der Waals surface area contributed by atoms with Crippen molar-refractivity contribution in [1.82, 2.24) is 0 Å². The average Bonchev–Trinajstić information content (AvgIpc) is 2.29. The third-order valence-electron chi connectivity index (χ3n) is 2.12. The number of rotatable bonds is 5. The van der Waals surface area contributed by atoms with Crippen molar-refractivity contribution in [3.8, 4) is 0 Å². The number of halogens is 1. The van der Waals surface area contributed by atoms with Gasteiger partial charge >= 0.3 is 5.97 Å². The van der Waals surface area contributed by atoms with E-state index in [4.69, 9.17) is 5.11 Å². The van der Waals surface area contributed by atoms with Crippen LogP contribution in [0.25, 0.3) is 4.48 Å². The van der Waals surface area contributed by atoms with E-state index in [1.54, 1.807) is 0 Å². The van der Waals surface area contributed by atoms with Crippen LogP contribution in [-0.2, 0) is 4.79 Å². The van der Waals surface area contributed by atoms with Crippen molar-refractivity contribution in [2.24, 2.45) is 0 Å². The van der Waals surface area contributed by atoms with E-state index in [-0.39, 0.29) is 5.57 Å². The molecule has 0 aromatic heterocycles. The number of carbonyl (C=O) groups is 1. The Labute approximate surface area is 103 Å². The Kier molecular flexibility index (Phi) is 4.99. The molecule has 0 heterocycles. The number of hydrogen-bond acceptors (Lipinski definition) is 1. The molecule has 0 saturated heterocycles. The quantitative estimate of drug-likeness (QED) is 0.832. The lowest BCUT2D eigenvalue weighted by Gasteiger charge is -2.00. The Morgan fingerprint density at radius 3 is 2.56 bits per heavy atom. The third-order valence-corrected chi connectivity index (χ3v) is 2.90. The van der Waals surface area contributed by atoms with Crippen molar-refractivity contribution in [1.29, 1.82) is 0 Å². The molecule has 0 bridgehead atoms. The van der Waals surface area contributed by atoms with Crippen LogP contribution in [0.15, 0.2) is 48.6 Å². The Balaban J connectivity index is 2.53. The maximum Gasteiger partial charge on any atom is 0.330 e. The summed E-state index contributed by atoms with van der Waals surface area (Å²) in [6.07, 6.45) is 3.10. The first-order valence-corrected chi connectivity index (χ1v) is 5.72. The van der Waals surface area contributed by atoms with Crippen LogP contribution >= 0.6 is 15.9 Å². The van der Waals surface area contributed by atoms with Gasteiger partial charge in [0.25, 0.3) is 0 Å². The molecule has 0 amide bonds. The lowest BCUT2D eigenvalue weighted by Crippen LogP contribution is -1.97. The molecule has 0 radical (unpaired) electrons. The summed E-state index contributed by atoms with van der Waals surface area (Å²) in [5.74, 6) is -0.927. The van der Waals surface area contributed by atoms with E-state index in [2.05, 4.69) is 22.5 Å². The zero-order valence-corrected chi connectivity index (χ0v) is 10.4. The molecular weight excluding hydrogens is 268 g/mol. The number of allylic oxidation sites excluding steroid dienone is 1. The van der Waals surface area contributed by atoms with Gasteiger partial charge in [0.05, 0.1) is 0 Å². The van der Waals surface area contributed by atoms with Crippen molar-refractivity contribution in [3.63, 3.8) is 0 Å². The van der Waals surface area contributed by atoms with Crippen molar-refractivity contribution >= 4 is 26.4 Å². The highest BCUT2D eigenvalue weighted by atomic mass is 79.9. The summed E-state index contributed by atoms with van der Waals surface area (Å²) in [4.78, 5) is 10.5. The lowest BCUT2D eigenvalue weighted by molar-refractivity contribution is -0.132. The minimum Gasteiger partial charge on any atom is -0.478 e. The van der Waals surface area contributed by atoms with Crippen LogP contribution in [0, 0.1) is 0 Å². The molecular formula is C13H13BrO2. The monoisotopic (exact) mass is 280 g/mol. The van der Waals surface area contributed by atoms with Gasteiger partial charge < -0.3 is 5.11 Å².